The molecule has 0 unspecified atom stereocenters. The van der Waals surface area contributed by atoms with Crippen molar-refractivity contribution in [1.82, 2.24) is 9.97 Å². The van der Waals surface area contributed by atoms with E-state index in [1.54, 1.807) is 13.3 Å². The topological polar surface area (TPSA) is 77.3 Å². The molecule has 2 heterocycles. The maximum atomic E-state index is 9.76. The summed E-state index contributed by atoms with van der Waals surface area (Å²) in [6, 6.07) is 16.8. The summed E-state index contributed by atoms with van der Waals surface area (Å²) < 4.78 is 5.32. The third-order valence-corrected chi connectivity index (χ3v) is 6.70. The van der Waals surface area contributed by atoms with Crippen LogP contribution < -0.4 is 19.9 Å². The number of nitrogens with zero attached hydrogens (tertiary/aromatic N) is 5. The highest BCUT2D eigenvalue weighted by molar-refractivity contribution is 5.68. The molecule has 3 aromatic rings. The lowest BCUT2D eigenvalue weighted by Gasteiger charge is -2.48. The summed E-state index contributed by atoms with van der Waals surface area (Å²) in [7, 11) is 1.68. The minimum Gasteiger partial charge on any atom is -0.497 e. The minimum atomic E-state index is -0.145. The largest absolute Gasteiger partial charge is 0.497 e. The summed E-state index contributed by atoms with van der Waals surface area (Å²) in [5, 5.41) is 13.2. The van der Waals surface area contributed by atoms with E-state index in [4.69, 9.17) is 9.72 Å². The molecular weight excluding hydrogens is 448 g/mol. The van der Waals surface area contributed by atoms with Gasteiger partial charge in [0.2, 0.25) is 5.95 Å². The van der Waals surface area contributed by atoms with Crippen LogP contribution >= 0.6 is 0 Å². The number of nitriles is 1. The van der Waals surface area contributed by atoms with E-state index in [0.29, 0.717) is 17.3 Å². The van der Waals surface area contributed by atoms with E-state index in [-0.39, 0.29) is 11.0 Å². The summed E-state index contributed by atoms with van der Waals surface area (Å²) in [6.45, 7) is 15.4. The van der Waals surface area contributed by atoms with Gasteiger partial charge in [0.1, 0.15) is 17.4 Å². The lowest BCUT2D eigenvalue weighted by molar-refractivity contribution is 0.408. The number of aryl methyl sites for hydroxylation is 1. The zero-order chi connectivity index (χ0) is 26.1. The van der Waals surface area contributed by atoms with Crippen molar-refractivity contribution in [3.63, 3.8) is 0 Å². The van der Waals surface area contributed by atoms with Gasteiger partial charge in [-0.1, -0.05) is 32.9 Å². The first kappa shape index (κ1) is 25.3. The average molecular weight is 485 g/mol. The molecule has 0 atom stereocenters. The highest BCUT2D eigenvalue weighted by Crippen LogP contribution is 2.34. The van der Waals surface area contributed by atoms with Gasteiger partial charge in [0, 0.05) is 31.0 Å². The van der Waals surface area contributed by atoms with Gasteiger partial charge in [-0.3, -0.25) is 0 Å². The molecule has 0 saturated carbocycles. The lowest BCUT2D eigenvalue weighted by atomic mass is 9.85. The number of hydrogen-bond donors (Lipinski definition) is 1. The Labute approximate surface area is 214 Å². The molecule has 0 aliphatic carbocycles. The van der Waals surface area contributed by atoms with E-state index in [0.717, 1.165) is 42.3 Å². The van der Waals surface area contributed by atoms with Crippen LogP contribution in [0.5, 0.6) is 5.75 Å². The molecule has 7 nitrogen and oxygen atoms in total. The Morgan fingerprint density at radius 2 is 1.81 bits per heavy atom. The van der Waals surface area contributed by atoms with Crippen molar-refractivity contribution in [2.45, 2.75) is 52.5 Å². The number of aromatic nitrogens is 2. The van der Waals surface area contributed by atoms with Crippen LogP contribution in [0.2, 0.25) is 0 Å². The number of nitrogens with one attached hydrogen (secondary N) is 1. The van der Waals surface area contributed by atoms with Crippen molar-refractivity contribution in [2.24, 2.45) is 0 Å². The van der Waals surface area contributed by atoms with Crippen molar-refractivity contribution < 1.29 is 4.74 Å². The summed E-state index contributed by atoms with van der Waals surface area (Å²) in [5.74, 6) is 2.02. The zero-order valence-corrected chi connectivity index (χ0v) is 22.4. The normalized spacial score (nSPS) is 15.4. The molecule has 0 spiro atoms. The van der Waals surface area contributed by atoms with Crippen LogP contribution in [-0.2, 0) is 5.41 Å². The van der Waals surface area contributed by atoms with E-state index < -0.39 is 0 Å². The molecule has 1 fully saturated rings. The van der Waals surface area contributed by atoms with Crippen molar-refractivity contribution >= 4 is 23.1 Å². The van der Waals surface area contributed by atoms with E-state index in [1.165, 1.54) is 5.56 Å². The van der Waals surface area contributed by atoms with Gasteiger partial charge in [-0.15, -0.1) is 0 Å². The number of benzene rings is 2. The smallest absolute Gasteiger partial charge is 0.227 e. The van der Waals surface area contributed by atoms with Crippen LogP contribution in [0.25, 0.3) is 0 Å². The van der Waals surface area contributed by atoms with Crippen molar-refractivity contribution in [1.29, 1.82) is 5.26 Å². The standard InChI is InChI=1S/C29H36N6O/c1-20-8-13-24(28(2,3)4)25(16-20)32-26-21(17-30)18-31-27(33-26)34-14-15-35(29(5,6)19-34)22-9-11-23(36-7)12-10-22/h8-13,16,18H,14-15,19H2,1-7H3,(H,31,32,33). The molecule has 2 aromatic carbocycles. The molecule has 1 aromatic heterocycles. The SMILES string of the molecule is COc1ccc(N2CCN(c3ncc(C#N)c(Nc4cc(C)ccc4C(C)(C)C)n3)CC2(C)C)cc1. The monoisotopic (exact) mass is 484 g/mol. The summed E-state index contributed by atoms with van der Waals surface area (Å²) >= 11 is 0. The molecule has 36 heavy (non-hydrogen) atoms. The highest BCUT2D eigenvalue weighted by Gasteiger charge is 2.35. The van der Waals surface area contributed by atoms with E-state index in [2.05, 4.69) is 98.0 Å². The van der Waals surface area contributed by atoms with Crippen molar-refractivity contribution in [3.8, 4) is 11.8 Å². The number of ether oxygens (including phenoxy) is 1. The van der Waals surface area contributed by atoms with Gasteiger partial charge in [0.05, 0.1) is 18.8 Å². The molecule has 1 N–H and O–H groups in total. The second kappa shape index (κ2) is 9.69. The van der Waals surface area contributed by atoms with Gasteiger partial charge >= 0.3 is 0 Å². The molecule has 4 rings (SSSR count). The van der Waals surface area contributed by atoms with Crippen LogP contribution in [0.3, 0.4) is 0 Å². The van der Waals surface area contributed by atoms with Gasteiger partial charge in [0.15, 0.2) is 5.82 Å². The zero-order valence-electron chi connectivity index (χ0n) is 22.4. The number of hydrogen-bond acceptors (Lipinski definition) is 7. The number of rotatable bonds is 5. The summed E-state index contributed by atoms with van der Waals surface area (Å²) in [6.07, 6.45) is 1.63. The van der Waals surface area contributed by atoms with Crippen LogP contribution in [0.4, 0.5) is 23.1 Å². The maximum absolute atomic E-state index is 9.76. The van der Waals surface area contributed by atoms with Gasteiger partial charge in [-0.25, -0.2) is 4.98 Å². The fraction of sp³-hybridized carbons (Fsp3) is 0.414. The minimum absolute atomic E-state index is 0.0551. The van der Waals surface area contributed by atoms with E-state index in [9.17, 15) is 5.26 Å². The highest BCUT2D eigenvalue weighted by atomic mass is 16.5. The van der Waals surface area contributed by atoms with Crippen molar-refractivity contribution in [2.75, 3.05) is 41.9 Å². The number of methoxy groups -OCH3 is 1. The molecule has 0 radical (unpaired) electrons. The first-order valence-electron chi connectivity index (χ1n) is 12.3. The van der Waals surface area contributed by atoms with Gasteiger partial charge in [-0.05, 0) is 67.6 Å². The third-order valence-electron chi connectivity index (χ3n) is 6.70. The third kappa shape index (κ3) is 5.23. The predicted molar refractivity (Wildman–Crippen MR) is 147 cm³/mol. The number of piperazine rings is 1. The second-order valence-electron chi connectivity index (χ2n) is 11.1. The fourth-order valence-electron chi connectivity index (χ4n) is 4.81. The van der Waals surface area contributed by atoms with Crippen LogP contribution in [-0.4, -0.2) is 42.3 Å². The molecular formula is C29H36N6O. The van der Waals surface area contributed by atoms with Crippen LogP contribution in [0.15, 0.2) is 48.7 Å². The Morgan fingerprint density at radius 3 is 2.42 bits per heavy atom. The second-order valence-corrected chi connectivity index (χ2v) is 11.1. The Morgan fingerprint density at radius 1 is 1.08 bits per heavy atom. The van der Waals surface area contributed by atoms with Gasteiger partial charge in [0.25, 0.3) is 0 Å². The van der Waals surface area contributed by atoms with Crippen molar-refractivity contribution in [3.05, 3.63) is 65.4 Å². The van der Waals surface area contributed by atoms with E-state index in [1.807, 2.05) is 12.1 Å². The fourth-order valence-corrected chi connectivity index (χ4v) is 4.81. The summed E-state index contributed by atoms with van der Waals surface area (Å²) in [5.41, 5.74) is 4.68. The Bertz CT molecular complexity index is 1270. The lowest BCUT2D eigenvalue weighted by Crippen LogP contribution is -2.60. The molecule has 1 saturated heterocycles. The van der Waals surface area contributed by atoms with Crippen LogP contribution in [0.1, 0.15) is 51.3 Å². The Hall–Kier alpha value is -3.79. The molecule has 0 bridgehead atoms. The van der Waals surface area contributed by atoms with E-state index >= 15 is 0 Å². The maximum Gasteiger partial charge on any atom is 0.227 e. The Balaban J connectivity index is 1.61. The first-order chi connectivity index (χ1) is 17.0. The Kier molecular flexibility index (Phi) is 6.81. The summed E-state index contributed by atoms with van der Waals surface area (Å²) in [4.78, 5) is 14.0. The van der Waals surface area contributed by atoms with Gasteiger partial charge in [-0.2, -0.15) is 10.2 Å². The predicted octanol–water partition coefficient (Wildman–Crippen LogP) is 5.81. The average Bonchev–Trinajstić information content (AvgIpc) is 2.83. The van der Waals surface area contributed by atoms with Gasteiger partial charge < -0.3 is 19.9 Å². The quantitative estimate of drug-likeness (QED) is 0.489. The molecule has 7 heteroatoms. The molecule has 1 aliphatic rings. The van der Waals surface area contributed by atoms with Crippen LogP contribution in [0, 0.1) is 18.3 Å². The molecule has 188 valence electrons. The molecule has 0 amide bonds. The first-order valence-corrected chi connectivity index (χ1v) is 12.3. The molecule has 1 aliphatic heterocycles. The number of anilines is 4.